The highest BCUT2D eigenvalue weighted by Gasteiger charge is 2.13. The lowest BCUT2D eigenvalue weighted by Gasteiger charge is -2.20. The molecule has 106 valence electrons. The molecule has 0 aromatic carbocycles. The fraction of sp³-hybridized carbons (Fsp3) is 0.900. The van der Waals surface area contributed by atoms with Crippen LogP contribution >= 0.6 is 22.6 Å². The van der Waals surface area contributed by atoms with E-state index in [4.69, 9.17) is 10.3 Å². The normalized spacial score (nSPS) is 19.1. The Balaban J connectivity index is 2.11. The van der Waals surface area contributed by atoms with Gasteiger partial charge in [-0.15, -0.1) is 0 Å². The summed E-state index contributed by atoms with van der Waals surface area (Å²) in [6, 6.07) is 0. The Morgan fingerprint density at radius 1 is 1.33 bits per heavy atom. The van der Waals surface area contributed by atoms with Gasteiger partial charge < -0.3 is 5.73 Å². The van der Waals surface area contributed by atoms with Gasteiger partial charge in [0, 0.05) is 21.8 Å². The zero-order valence-electron chi connectivity index (χ0n) is 10.2. The van der Waals surface area contributed by atoms with E-state index < -0.39 is 9.15 Å². The summed E-state index contributed by atoms with van der Waals surface area (Å²) in [5.41, 5.74) is 5.54. The molecule has 0 heterocycles. The topological polar surface area (TPSA) is 92.8 Å². The molecule has 3 N–H and O–H groups in total. The Bertz CT molecular complexity index is 365. The molecular weight excluding hydrogens is 292 g/mol. The molecule has 0 radical (unpaired) electrons. The number of hydrogen-bond acceptors (Lipinski definition) is 5. The molecule has 18 heavy (non-hydrogen) atoms. The summed E-state index contributed by atoms with van der Waals surface area (Å²) < 4.78 is 29.5. The average Bonchev–Trinajstić information content (AvgIpc) is 2.33. The minimum absolute atomic E-state index is 0.0208. The molecule has 0 aliphatic heterocycles. The van der Waals surface area contributed by atoms with E-state index >= 15 is 0 Å². The first-order valence-electron chi connectivity index (χ1n) is 5.99. The van der Waals surface area contributed by atoms with E-state index in [1.165, 1.54) is 32.1 Å². The van der Waals surface area contributed by atoms with E-state index in [0.29, 0.717) is 17.3 Å². The molecule has 0 saturated heterocycles. The lowest BCUT2D eigenvalue weighted by atomic mass is 10.0. The van der Waals surface area contributed by atoms with Gasteiger partial charge in [0.05, 0.1) is 12.3 Å². The van der Waals surface area contributed by atoms with Gasteiger partial charge in [0.25, 0.3) is 0 Å². The molecule has 0 atom stereocenters. The lowest BCUT2D eigenvalue weighted by molar-refractivity contribution is 0.503. The standard InChI is InChI=1S/C10H20N2O3S3/c11-10(8-17-18(13,14)15)12-6-7-16-9-4-2-1-3-5-9/h9H,1-8H2,(H2,11,12)(H,13,14,15). The number of rotatable bonds is 7. The van der Waals surface area contributed by atoms with Crippen LogP contribution in [0.25, 0.3) is 0 Å². The number of thioether (sulfide) groups is 1. The van der Waals surface area contributed by atoms with Crippen molar-refractivity contribution in [3.05, 3.63) is 0 Å². The van der Waals surface area contributed by atoms with Gasteiger partial charge in [0.15, 0.2) is 0 Å². The Labute approximate surface area is 117 Å². The average molecular weight is 312 g/mol. The molecule has 5 nitrogen and oxygen atoms in total. The van der Waals surface area contributed by atoms with Crippen molar-refractivity contribution in [3.63, 3.8) is 0 Å². The van der Waals surface area contributed by atoms with E-state index in [-0.39, 0.29) is 11.6 Å². The van der Waals surface area contributed by atoms with E-state index in [9.17, 15) is 8.42 Å². The van der Waals surface area contributed by atoms with Gasteiger partial charge in [0.2, 0.25) is 0 Å². The van der Waals surface area contributed by atoms with Gasteiger partial charge >= 0.3 is 9.15 Å². The minimum Gasteiger partial charge on any atom is -0.387 e. The van der Waals surface area contributed by atoms with Crippen LogP contribution in [0.5, 0.6) is 0 Å². The van der Waals surface area contributed by atoms with Crippen LogP contribution in [-0.2, 0) is 9.15 Å². The molecule has 1 saturated carbocycles. The summed E-state index contributed by atoms with van der Waals surface area (Å²) in [5, 5.41) is 0.752. The maximum absolute atomic E-state index is 10.5. The molecule has 1 aliphatic rings. The third-order valence-corrected chi connectivity index (χ3v) is 5.99. The molecule has 1 rings (SSSR count). The van der Waals surface area contributed by atoms with E-state index in [0.717, 1.165) is 11.0 Å². The predicted octanol–water partition coefficient (Wildman–Crippen LogP) is 1.95. The molecule has 1 aliphatic carbocycles. The third kappa shape index (κ3) is 8.23. The predicted molar refractivity (Wildman–Crippen MR) is 79.8 cm³/mol. The quantitative estimate of drug-likeness (QED) is 0.245. The summed E-state index contributed by atoms with van der Waals surface area (Å²) in [5.74, 6) is 1.20. The van der Waals surface area contributed by atoms with Crippen LogP contribution in [0.3, 0.4) is 0 Å². The summed E-state index contributed by atoms with van der Waals surface area (Å²) in [6.07, 6.45) is 6.60. The second kappa shape index (κ2) is 8.29. The number of nitrogens with zero attached hydrogens (tertiary/aromatic N) is 1. The van der Waals surface area contributed by atoms with Crippen LogP contribution in [0, 0.1) is 0 Å². The summed E-state index contributed by atoms with van der Waals surface area (Å²) in [6.45, 7) is 0.610. The van der Waals surface area contributed by atoms with Crippen LogP contribution in [0.2, 0.25) is 0 Å². The molecule has 0 aromatic heterocycles. The zero-order valence-corrected chi connectivity index (χ0v) is 12.7. The largest absolute Gasteiger partial charge is 0.387 e. The Morgan fingerprint density at radius 3 is 2.61 bits per heavy atom. The van der Waals surface area contributed by atoms with Crippen molar-refractivity contribution in [2.75, 3.05) is 18.1 Å². The highest BCUT2D eigenvalue weighted by molar-refractivity contribution is 8.70. The van der Waals surface area contributed by atoms with Crippen molar-refractivity contribution in [1.82, 2.24) is 0 Å². The molecule has 0 amide bonds. The number of hydrogen-bond donors (Lipinski definition) is 2. The first kappa shape index (κ1) is 16.1. The number of nitrogens with two attached hydrogens (primary N) is 1. The fourth-order valence-corrected chi connectivity index (χ4v) is 4.19. The zero-order chi connectivity index (χ0) is 13.4. The fourth-order valence-electron chi connectivity index (χ4n) is 1.82. The van der Waals surface area contributed by atoms with Gasteiger partial charge in [-0.05, 0) is 12.8 Å². The lowest BCUT2D eigenvalue weighted by Crippen LogP contribution is -2.17. The van der Waals surface area contributed by atoms with Crippen molar-refractivity contribution < 1.29 is 13.0 Å². The van der Waals surface area contributed by atoms with Gasteiger partial charge in [0.1, 0.15) is 5.84 Å². The van der Waals surface area contributed by atoms with Crippen molar-refractivity contribution in [2.45, 2.75) is 37.4 Å². The summed E-state index contributed by atoms with van der Waals surface area (Å²) in [7, 11) is -3.62. The SMILES string of the molecule is NC(CSS(=O)(=O)O)=NCCSC1CCCCC1. The monoisotopic (exact) mass is 312 g/mol. The highest BCUT2D eigenvalue weighted by atomic mass is 33.1. The van der Waals surface area contributed by atoms with Crippen molar-refractivity contribution in [3.8, 4) is 0 Å². The van der Waals surface area contributed by atoms with Crippen LogP contribution in [0.4, 0.5) is 0 Å². The molecule has 0 aromatic rings. The maximum Gasteiger partial charge on any atom is 0.320 e. The third-order valence-electron chi connectivity index (χ3n) is 2.67. The maximum atomic E-state index is 10.5. The van der Waals surface area contributed by atoms with Crippen LogP contribution in [-0.4, -0.2) is 42.1 Å². The van der Waals surface area contributed by atoms with Crippen molar-refractivity contribution >= 4 is 37.5 Å². The molecule has 1 fully saturated rings. The van der Waals surface area contributed by atoms with Gasteiger partial charge in [-0.25, -0.2) is 0 Å². The minimum atomic E-state index is -4.02. The molecule has 0 bridgehead atoms. The van der Waals surface area contributed by atoms with Gasteiger partial charge in [-0.1, -0.05) is 19.3 Å². The van der Waals surface area contributed by atoms with Crippen LogP contribution in [0.1, 0.15) is 32.1 Å². The van der Waals surface area contributed by atoms with Crippen LogP contribution in [0.15, 0.2) is 4.99 Å². The van der Waals surface area contributed by atoms with Crippen molar-refractivity contribution in [1.29, 1.82) is 0 Å². The Kier molecular flexibility index (Phi) is 7.43. The molecular formula is C10H20N2O3S3. The Hall–Kier alpha value is 0.0800. The van der Waals surface area contributed by atoms with Gasteiger partial charge in [-0.2, -0.15) is 20.2 Å². The van der Waals surface area contributed by atoms with E-state index in [1.807, 2.05) is 11.8 Å². The molecule has 0 unspecified atom stereocenters. The summed E-state index contributed by atoms with van der Waals surface area (Å²) in [4.78, 5) is 4.09. The van der Waals surface area contributed by atoms with Crippen LogP contribution < -0.4 is 5.73 Å². The van der Waals surface area contributed by atoms with Gasteiger partial charge in [-0.3, -0.25) is 9.55 Å². The smallest absolute Gasteiger partial charge is 0.320 e. The second-order valence-corrected chi connectivity index (χ2v) is 8.95. The number of amidine groups is 1. The molecule has 8 heteroatoms. The van der Waals surface area contributed by atoms with E-state index in [1.54, 1.807) is 0 Å². The molecule has 0 spiro atoms. The second-order valence-electron chi connectivity index (χ2n) is 4.19. The van der Waals surface area contributed by atoms with E-state index in [2.05, 4.69) is 4.99 Å². The summed E-state index contributed by atoms with van der Waals surface area (Å²) >= 11 is 1.93. The first-order valence-corrected chi connectivity index (χ1v) is 9.99. The highest BCUT2D eigenvalue weighted by Crippen LogP contribution is 2.27. The number of aliphatic imine (C=N–C) groups is 1. The first-order chi connectivity index (χ1) is 8.47. The van der Waals surface area contributed by atoms with Crippen molar-refractivity contribution in [2.24, 2.45) is 10.7 Å². The Morgan fingerprint density at radius 2 is 2.00 bits per heavy atom.